The third-order valence-corrected chi connectivity index (χ3v) is 2.73. The minimum absolute atomic E-state index is 0.409. The van der Waals surface area contributed by atoms with E-state index < -0.39 is 34.0 Å². The molecule has 104 valence electrons. The van der Waals surface area contributed by atoms with Crippen LogP contribution in [0.2, 0.25) is 0 Å². The van der Waals surface area contributed by atoms with Gasteiger partial charge in [-0.25, -0.2) is 8.78 Å². The van der Waals surface area contributed by atoms with Crippen LogP contribution in [0.5, 0.6) is 0 Å². The number of nitro benzene ring substituents is 1. The average molecular weight is 279 g/mol. The fourth-order valence-electron chi connectivity index (χ4n) is 1.73. The van der Waals surface area contributed by atoms with Gasteiger partial charge < -0.3 is 5.32 Å². The molecule has 0 spiro atoms. The van der Waals surface area contributed by atoms with E-state index in [-0.39, 0.29) is 0 Å². The van der Waals surface area contributed by atoms with Crippen LogP contribution in [0.1, 0.15) is 18.7 Å². The number of nitro groups is 1. The molecule has 5 nitrogen and oxygen atoms in total. The summed E-state index contributed by atoms with van der Waals surface area (Å²) in [5.41, 5.74) is -0.436. The fourth-order valence-corrected chi connectivity index (χ4v) is 1.73. The number of aromatic nitrogens is 1. The van der Waals surface area contributed by atoms with Crippen molar-refractivity contribution in [2.75, 3.05) is 5.32 Å². The summed E-state index contributed by atoms with van der Waals surface area (Å²) in [4.78, 5) is 13.7. The number of nitrogens with one attached hydrogen (secondary N) is 1. The predicted molar refractivity (Wildman–Crippen MR) is 69.3 cm³/mol. The summed E-state index contributed by atoms with van der Waals surface area (Å²) in [6.45, 7) is 1.68. The number of halogens is 2. The summed E-state index contributed by atoms with van der Waals surface area (Å²) in [6.07, 6.45) is 1.57. The van der Waals surface area contributed by atoms with Gasteiger partial charge in [-0.15, -0.1) is 0 Å². The first-order chi connectivity index (χ1) is 9.49. The third-order valence-electron chi connectivity index (χ3n) is 2.73. The Balaban J connectivity index is 2.28. The monoisotopic (exact) mass is 279 g/mol. The zero-order chi connectivity index (χ0) is 14.7. The Morgan fingerprint density at radius 2 is 1.95 bits per heavy atom. The van der Waals surface area contributed by atoms with Gasteiger partial charge in [0.15, 0.2) is 11.6 Å². The Labute approximate surface area is 113 Å². The first-order valence-electron chi connectivity index (χ1n) is 5.80. The molecule has 0 fully saturated rings. The van der Waals surface area contributed by atoms with Crippen molar-refractivity contribution >= 4 is 11.4 Å². The van der Waals surface area contributed by atoms with E-state index in [1.807, 2.05) is 0 Å². The number of non-ortho nitro benzene ring substituents is 1. The number of rotatable bonds is 4. The zero-order valence-corrected chi connectivity index (χ0v) is 10.5. The maximum absolute atomic E-state index is 13.7. The Hall–Kier alpha value is -2.57. The molecule has 1 aromatic heterocycles. The van der Waals surface area contributed by atoms with Gasteiger partial charge in [-0.05, 0) is 19.1 Å². The summed E-state index contributed by atoms with van der Waals surface area (Å²) in [5.74, 6) is -2.03. The van der Waals surface area contributed by atoms with Crippen molar-refractivity contribution in [2.45, 2.75) is 13.0 Å². The number of hydrogen-bond acceptors (Lipinski definition) is 4. The second kappa shape index (κ2) is 5.60. The minimum atomic E-state index is -1.01. The first-order valence-corrected chi connectivity index (χ1v) is 5.80. The van der Waals surface area contributed by atoms with Crippen LogP contribution in [-0.4, -0.2) is 9.91 Å². The molecule has 20 heavy (non-hydrogen) atoms. The summed E-state index contributed by atoms with van der Waals surface area (Å²) >= 11 is 0. The molecule has 2 rings (SSSR count). The van der Waals surface area contributed by atoms with E-state index in [0.29, 0.717) is 17.8 Å². The van der Waals surface area contributed by atoms with Gasteiger partial charge in [0.2, 0.25) is 0 Å². The Bertz CT molecular complexity index is 612. The lowest BCUT2D eigenvalue weighted by atomic mass is 10.2. The smallest absolute Gasteiger partial charge is 0.275 e. The van der Waals surface area contributed by atoms with Gasteiger partial charge in [-0.2, -0.15) is 0 Å². The topological polar surface area (TPSA) is 68.1 Å². The van der Waals surface area contributed by atoms with Gasteiger partial charge in [0.05, 0.1) is 28.8 Å². The molecule has 0 aliphatic heterocycles. The standard InChI is InChI=1S/C13H11F2N3O2/c1-8(12-4-2-3-5-16-12)17-13-10(14)6-9(18(19)20)7-11(13)15/h2-8,17H,1H3. The number of benzene rings is 1. The highest BCUT2D eigenvalue weighted by molar-refractivity contribution is 5.52. The van der Waals surface area contributed by atoms with Crippen molar-refractivity contribution in [1.82, 2.24) is 4.98 Å². The quantitative estimate of drug-likeness (QED) is 0.687. The van der Waals surface area contributed by atoms with Crippen LogP contribution in [0.15, 0.2) is 36.5 Å². The lowest BCUT2D eigenvalue weighted by Gasteiger charge is -2.15. The van der Waals surface area contributed by atoms with Crippen molar-refractivity contribution in [3.63, 3.8) is 0 Å². The molecule has 0 radical (unpaired) electrons. The lowest BCUT2D eigenvalue weighted by Crippen LogP contribution is -2.11. The van der Waals surface area contributed by atoms with Crippen molar-refractivity contribution in [1.29, 1.82) is 0 Å². The van der Waals surface area contributed by atoms with Crippen molar-refractivity contribution in [3.05, 3.63) is 64.0 Å². The minimum Gasteiger partial charge on any atom is -0.372 e. The van der Waals surface area contributed by atoms with Gasteiger partial charge >= 0.3 is 0 Å². The summed E-state index contributed by atoms with van der Waals surface area (Å²) in [5, 5.41) is 13.1. The summed E-state index contributed by atoms with van der Waals surface area (Å²) in [7, 11) is 0. The molecule has 1 atom stereocenters. The van der Waals surface area contributed by atoms with Gasteiger partial charge in [0, 0.05) is 6.20 Å². The van der Waals surface area contributed by atoms with Crippen molar-refractivity contribution in [3.8, 4) is 0 Å². The predicted octanol–water partition coefficient (Wildman–Crippen LogP) is 3.44. The second-order valence-electron chi connectivity index (χ2n) is 4.16. The zero-order valence-electron chi connectivity index (χ0n) is 10.5. The van der Waals surface area contributed by atoms with Crippen LogP contribution in [0.3, 0.4) is 0 Å². The van der Waals surface area contributed by atoms with Gasteiger partial charge in [0.25, 0.3) is 5.69 Å². The Morgan fingerprint density at radius 1 is 1.30 bits per heavy atom. The molecule has 0 bridgehead atoms. The van der Waals surface area contributed by atoms with E-state index in [1.54, 1.807) is 31.3 Å². The van der Waals surface area contributed by atoms with Crippen LogP contribution in [-0.2, 0) is 0 Å². The van der Waals surface area contributed by atoms with E-state index in [2.05, 4.69) is 10.3 Å². The molecule has 0 aliphatic rings. The molecule has 0 aliphatic carbocycles. The van der Waals surface area contributed by atoms with E-state index in [1.165, 1.54) is 0 Å². The third kappa shape index (κ3) is 2.87. The molecule has 2 aromatic rings. The van der Waals surface area contributed by atoms with Crippen molar-refractivity contribution in [2.24, 2.45) is 0 Å². The molecule has 1 heterocycles. The molecule has 0 saturated carbocycles. The lowest BCUT2D eigenvalue weighted by molar-refractivity contribution is -0.385. The van der Waals surface area contributed by atoms with Crippen LogP contribution in [0.4, 0.5) is 20.2 Å². The Kier molecular flexibility index (Phi) is 3.88. The first kappa shape index (κ1) is 13.9. The van der Waals surface area contributed by atoms with Gasteiger partial charge in [-0.3, -0.25) is 15.1 Å². The van der Waals surface area contributed by atoms with E-state index >= 15 is 0 Å². The van der Waals surface area contributed by atoms with E-state index in [9.17, 15) is 18.9 Å². The normalized spacial score (nSPS) is 11.9. The SMILES string of the molecule is CC(Nc1c(F)cc([N+](=O)[O-])cc1F)c1ccccn1. The maximum Gasteiger partial charge on any atom is 0.275 e. The Morgan fingerprint density at radius 3 is 2.45 bits per heavy atom. The van der Waals surface area contributed by atoms with E-state index in [0.717, 1.165) is 0 Å². The van der Waals surface area contributed by atoms with E-state index in [4.69, 9.17) is 0 Å². The molecular formula is C13H11F2N3O2. The largest absolute Gasteiger partial charge is 0.372 e. The summed E-state index contributed by atoms with van der Waals surface area (Å²) < 4.78 is 27.4. The second-order valence-corrected chi connectivity index (χ2v) is 4.16. The van der Waals surface area contributed by atoms with Crippen LogP contribution in [0.25, 0.3) is 0 Å². The highest BCUT2D eigenvalue weighted by Crippen LogP contribution is 2.27. The molecule has 1 N–H and O–H groups in total. The number of anilines is 1. The summed E-state index contributed by atoms with van der Waals surface area (Å²) in [6, 6.07) is 6.10. The molecule has 0 amide bonds. The highest BCUT2D eigenvalue weighted by atomic mass is 19.1. The van der Waals surface area contributed by atoms with Crippen molar-refractivity contribution < 1.29 is 13.7 Å². The maximum atomic E-state index is 13.7. The molecule has 7 heteroatoms. The average Bonchev–Trinajstić information content (AvgIpc) is 2.43. The number of pyridine rings is 1. The molecule has 0 saturated heterocycles. The van der Waals surface area contributed by atoms with Gasteiger partial charge in [-0.1, -0.05) is 6.07 Å². The van der Waals surface area contributed by atoms with Crippen LogP contribution in [0, 0.1) is 21.7 Å². The van der Waals surface area contributed by atoms with Gasteiger partial charge in [0.1, 0.15) is 5.69 Å². The molecule has 1 aromatic carbocycles. The van der Waals surface area contributed by atoms with Crippen LogP contribution >= 0.6 is 0 Å². The highest BCUT2D eigenvalue weighted by Gasteiger charge is 2.19. The molecular weight excluding hydrogens is 268 g/mol. The van der Waals surface area contributed by atoms with Crippen LogP contribution < -0.4 is 5.32 Å². The fraction of sp³-hybridized carbons (Fsp3) is 0.154. The number of nitrogens with zero attached hydrogens (tertiary/aromatic N) is 2. The molecule has 1 unspecified atom stereocenters. The number of hydrogen-bond donors (Lipinski definition) is 1.